The van der Waals surface area contributed by atoms with E-state index in [-0.39, 0.29) is 17.9 Å². The second kappa shape index (κ2) is 6.41. The lowest BCUT2D eigenvalue weighted by Gasteiger charge is -2.32. The summed E-state index contributed by atoms with van der Waals surface area (Å²) in [5, 5.41) is 8.94. The minimum atomic E-state index is -0.273. The van der Waals surface area contributed by atoms with E-state index in [4.69, 9.17) is 11.6 Å². The first kappa shape index (κ1) is 17.1. The Morgan fingerprint density at radius 3 is 2.69 bits per heavy atom. The quantitative estimate of drug-likeness (QED) is 0.736. The summed E-state index contributed by atoms with van der Waals surface area (Å²) in [6.07, 6.45) is 0.165. The van der Waals surface area contributed by atoms with Crippen LogP contribution < -0.4 is 5.56 Å². The number of hydrogen-bond acceptors (Lipinski definition) is 4. The summed E-state index contributed by atoms with van der Waals surface area (Å²) in [4.78, 5) is 29.2. The maximum absolute atomic E-state index is 12.7. The molecule has 8 heteroatoms. The Morgan fingerprint density at radius 1 is 1.23 bits per heavy atom. The standard InChI is InChI=1S/C18H20ClN5O2/c1-22-5-7-24(8-6-22)15(25)10-13-16-12-4-3-11(19)9-14(12)23(2)17(16)18(26)21-20-13/h3-4,9H,5-8,10H2,1-2H3,(H,21,26). The van der Waals surface area contributed by atoms with E-state index in [0.717, 1.165) is 29.4 Å². The first-order valence-electron chi connectivity index (χ1n) is 8.57. The Morgan fingerprint density at radius 2 is 1.96 bits per heavy atom. The number of halogens is 1. The number of carbonyl (C=O) groups is 1. The first-order valence-corrected chi connectivity index (χ1v) is 8.95. The number of nitrogens with zero attached hydrogens (tertiary/aromatic N) is 4. The van der Waals surface area contributed by atoms with Gasteiger partial charge in [0.15, 0.2) is 0 Å². The number of fused-ring (bicyclic) bond motifs is 3. The fourth-order valence-corrected chi connectivity index (χ4v) is 3.80. The molecule has 0 aliphatic carbocycles. The van der Waals surface area contributed by atoms with Crippen LogP contribution in [0.15, 0.2) is 23.0 Å². The van der Waals surface area contributed by atoms with Crippen LogP contribution in [0.4, 0.5) is 0 Å². The van der Waals surface area contributed by atoms with E-state index in [1.165, 1.54) is 0 Å². The van der Waals surface area contributed by atoms with Crippen LogP contribution in [0.2, 0.25) is 5.02 Å². The van der Waals surface area contributed by atoms with Crippen molar-refractivity contribution in [3.8, 4) is 0 Å². The van der Waals surface area contributed by atoms with Gasteiger partial charge in [0.1, 0.15) is 5.52 Å². The van der Waals surface area contributed by atoms with E-state index in [1.807, 2.05) is 24.1 Å². The second-order valence-corrected chi connectivity index (χ2v) is 7.24. The van der Waals surface area contributed by atoms with Gasteiger partial charge in [-0.25, -0.2) is 5.10 Å². The van der Waals surface area contributed by atoms with E-state index in [2.05, 4.69) is 22.1 Å². The molecule has 1 amide bonds. The molecule has 7 nitrogen and oxygen atoms in total. The van der Waals surface area contributed by atoms with E-state index in [9.17, 15) is 9.59 Å². The Labute approximate surface area is 155 Å². The van der Waals surface area contributed by atoms with Gasteiger partial charge in [-0.15, -0.1) is 0 Å². The van der Waals surface area contributed by atoms with Crippen LogP contribution in [0.5, 0.6) is 0 Å². The predicted octanol–water partition coefficient (Wildman–Crippen LogP) is 1.38. The molecular formula is C18H20ClN5O2. The molecule has 3 heterocycles. The van der Waals surface area contributed by atoms with Crippen LogP contribution in [0.1, 0.15) is 5.69 Å². The minimum absolute atomic E-state index is 0.0323. The van der Waals surface area contributed by atoms with Crippen LogP contribution in [-0.2, 0) is 18.3 Å². The molecule has 2 aromatic heterocycles. The number of carbonyl (C=O) groups excluding carboxylic acids is 1. The van der Waals surface area contributed by atoms with E-state index >= 15 is 0 Å². The minimum Gasteiger partial charge on any atom is -0.340 e. The number of nitrogens with one attached hydrogen (secondary N) is 1. The number of aromatic nitrogens is 3. The van der Waals surface area contributed by atoms with Crippen LogP contribution in [0, 0.1) is 0 Å². The molecule has 0 saturated carbocycles. The molecule has 0 bridgehead atoms. The van der Waals surface area contributed by atoms with Crippen LogP contribution in [0.25, 0.3) is 21.8 Å². The van der Waals surface area contributed by atoms with Gasteiger partial charge in [-0.3, -0.25) is 9.59 Å². The molecule has 4 rings (SSSR count). The Bertz CT molecular complexity index is 1060. The first-order chi connectivity index (χ1) is 12.5. The topological polar surface area (TPSA) is 74.2 Å². The summed E-state index contributed by atoms with van der Waals surface area (Å²) in [6.45, 7) is 3.17. The molecule has 1 N–H and O–H groups in total. The fraction of sp³-hybridized carbons (Fsp3) is 0.389. The zero-order valence-corrected chi connectivity index (χ0v) is 15.5. The van der Waals surface area contributed by atoms with Gasteiger partial charge >= 0.3 is 0 Å². The highest BCUT2D eigenvalue weighted by atomic mass is 35.5. The Kier molecular flexibility index (Phi) is 4.20. The lowest BCUT2D eigenvalue weighted by molar-refractivity contribution is -0.132. The number of aromatic amines is 1. The van der Waals surface area contributed by atoms with Gasteiger partial charge in [0.2, 0.25) is 5.91 Å². The van der Waals surface area contributed by atoms with Crippen molar-refractivity contribution in [1.29, 1.82) is 0 Å². The van der Waals surface area contributed by atoms with Gasteiger partial charge in [-0.05, 0) is 19.2 Å². The van der Waals surface area contributed by atoms with Crippen molar-refractivity contribution < 1.29 is 4.79 Å². The zero-order valence-electron chi connectivity index (χ0n) is 14.8. The number of aryl methyl sites for hydroxylation is 1. The molecule has 136 valence electrons. The molecule has 1 fully saturated rings. The summed E-state index contributed by atoms with van der Waals surface area (Å²) in [6, 6.07) is 5.49. The highest BCUT2D eigenvalue weighted by Gasteiger charge is 2.23. The molecule has 26 heavy (non-hydrogen) atoms. The van der Waals surface area contributed by atoms with Gasteiger partial charge in [0.25, 0.3) is 5.56 Å². The van der Waals surface area contributed by atoms with E-state index < -0.39 is 0 Å². The number of piperazine rings is 1. The number of likely N-dealkylation sites (N-methyl/N-ethyl adjacent to an activating group) is 1. The van der Waals surface area contributed by atoms with Crippen LogP contribution in [0.3, 0.4) is 0 Å². The van der Waals surface area contributed by atoms with Crippen molar-refractivity contribution in [3.63, 3.8) is 0 Å². The van der Waals surface area contributed by atoms with Gasteiger partial charge in [-0.2, -0.15) is 5.10 Å². The lowest BCUT2D eigenvalue weighted by atomic mass is 10.1. The molecule has 0 spiro atoms. The summed E-state index contributed by atoms with van der Waals surface area (Å²) < 4.78 is 1.81. The van der Waals surface area contributed by atoms with Gasteiger partial charge in [0, 0.05) is 49.0 Å². The summed E-state index contributed by atoms with van der Waals surface area (Å²) in [5.74, 6) is 0.0323. The van der Waals surface area contributed by atoms with Crippen LogP contribution in [-0.4, -0.2) is 63.7 Å². The Balaban J connectivity index is 1.79. The number of H-pyrrole nitrogens is 1. The predicted molar refractivity (Wildman–Crippen MR) is 102 cm³/mol. The molecule has 0 atom stereocenters. The Hall–Kier alpha value is -2.38. The molecule has 3 aromatic rings. The van der Waals surface area contributed by atoms with Gasteiger partial charge in [-0.1, -0.05) is 17.7 Å². The molecule has 1 aliphatic heterocycles. The number of benzene rings is 1. The number of hydrogen-bond donors (Lipinski definition) is 1. The molecule has 0 radical (unpaired) electrons. The fourth-order valence-electron chi connectivity index (χ4n) is 3.63. The molecule has 1 aliphatic rings. The van der Waals surface area contributed by atoms with Crippen molar-refractivity contribution >= 4 is 39.3 Å². The van der Waals surface area contributed by atoms with Crippen molar-refractivity contribution in [3.05, 3.63) is 39.3 Å². The monoisotopic (exact) mass is 373 g/mol. The summed E-state index contributed by atoms with van der Waals surface area (Å²) in [7, 11) is 3.87. The largest absolute Gasteiger partial charge is 0.340 e. The summed E-state index contributed by atoms with van der Waals surface area (Å²) in [5.41, 5.74) is 1.68. The van der Waals surface area contributed by atoms with Crippen molar-refractivity contribution in [2.45, 2.75) is 6.42 Å². The maximum atomic E-state index is 12.7. The normalized spacial score (nSPS) is 15.9. The molecular weight excluding hydrogens is 354 g/mol. The number of rotatable bonds is 2. The third-order valence-electron chi connectivity index (χ3n) is 5.13. The average Bonchev–Trinajstić information content (AvgIpc) is 2.91. The third-order valence-corrected chi connectivity index (χ3v) is 5.37. The van der Waals surface area contributed by atoms with Crippen LogP contribution >= 0.6 is 11.6 Å². The SMILES string of the molecule is CN1CCN(C(=O)Cc2n[nH]c(=O)c3c2c2ccc(Cl)cc2n3C)CC1. The molecule has 1 aromatic carbocycles. The molecule has 1 saturated heterocycles. The van der Waals surface area contributed by atoms with Gasteiger partial charge in [0.05, 0.1) is 17.6 Å². The second-order valence-electron chi connectivity index (χ2n) is 6.80. The highest BCUT2D eigenvalue weighted by Crippen LogP contribution is 2.30. The number of amides is 1. The van der Waals surface area contributed by atoms with Crippen molar-refractivity contribution in [2.75, 3.05) is 33.2 Å². The van der Waals surface area contributed by atoms with Crippen molar-refractivity contribution in [2.24, 2.45) is 7.05 Å². The molecule has 0 unspecified atom stereocenters. The smallest absolute Gasteiger partial charge is 0.288 e. The third kappa shape index (κ3) is 2.77. The zero-order chi connectivity index (χ0) is 18.4. The summed E-state index contributed by atoms with van der Waals surface area (Å²) >= 11 is 6.12. The lowest BCUT2D eigenvalue weighted by Crippen LogP contribution is -2.47. The highest BCUT2D eigenvalue weighted by molar-refractivity contribution is 6.31. The van der Waals surface area contributed by atoms with Crippen molar-refractivity contribution in [1.82, 2.24) is 24.6 Å². The van der Waals surface area contributed by atoms with E-state index in [0.29, 0.717) is 29.3 Å². The average molecular weight is 374 g/mol. The van der Waals surface area contributed by atoms with E-state index in [1.54, 1.807) is 10.6 Å². The maximum Gasteiger partial charge on any atom is 0.288 e. The van der Waals surface area contributed by atoms with Gasteiger partial charge < -0.3 is 14.4 Å².